The molecular formula is C18H13NO2. The summed E-state index contributed by atoms with van der Waals surface area (Å²) in [4.78, 5) is 11.4. The summed E-state index contributed by atoms with van der Waals surface area (Å²) in [6, 6.07) is 14.5. The van der Waals surface area contributed by atoms with Crippen molar-refractivity contribution in [3.05, 3.63) is 75.6 Å². The van der Waals surface area contributed by atoms with Crippen molar-refractivity contribution in [1.82, 2.24) is 0 Å². The molecule has 0 bridgehead atoms. The molecule has 21 heavy (non-hydrogen) atoms. The fourth-order valence-electron chi connectivity index (χ4n) is 2.11. The lowest BCUT2D eigenvalue weighted by atomic mass is 10.1. The van der Waals surface area contributed by atoms with E-state index in [0.29, 0.717) is 11.3 Å². The number of nitrogen functional groups attached to an aromatic ring is 1. The van der Waals surface area contributed by atoms with Crippen LogP contribution in [-0.2, 0) is 0 Å². The molecule has 0 unspecified atom stereocenters. The van der Waals surface area contributed by atoms with Crippen molar-refractivity contribution >= 4 is 16.7 Å². The number of benzene rings is 2. The predicted molar refractivity (Wildman–Crippen MR) is 84.1 cm³/mol. The maximum Gasteiger partial charge on any atom is 0.336 e. The molecule has 0 spiro atoms. The largest absolute Gasteiger partial charge is 0.423 e. The zero-order valence-corrected chi connectivity index (χ0v) is 11.5. The quantitative estimate of drug-likeness (QED) is 0.389. The van der Waals surface area contributed by atoms with Gasteiger partial charge in [0.1, 0.15) is 5.58 Å². The first-order chi connectivity index (χ1) is 10.1. The minimum absolute atomic E-state index is 0.344. The van der Waals surface area contributed by atoms with Crippen molar-refractivity contribution in [2.75, 3.05) is 5.73 Å². The molecule has 0 amide bonds. The Morgan fingerprint density at radius 3 is 2.38 bits per heavy atom. The van der Waals surface area contributed by atoms with Crippen LogP contribution in [0.5, 0.6) is 0 Å². The van der Waals surface area contributed by atoms with Gasteiger partial charge in [-0.05, 0) is 55.0 Å². The van der Waals surface area contributed by atoms with Crippen LogP contribution in [0.25, 0.3) is 11.0 Å². The normalized spacial score (nSPS) is 10.1. The van der Waals surface area contributed by atoms with E-state index in [0.717, 1.165) is 22.1 Å². The third-order valence-electron chi connectivity index (χ3n) is 3.21. The Bertz CT molecular complexity index is 925. The standard InChI is InChI=1S/C18H13NO2/c1-12-10-18(20)21-17-11-14(6-9-16(12)17)3-2-13-4-7-15(19)8-5-13/h4-11H,19H2,1H3. The average Bonchev–Trinajstić information content (AvgIpc) is 2.46. The molecule has 0 atom stereocenters. The first-order valence-corrected chi connectivity index (χ1v) is 6.54. The van der Waals surface area contributed by atoms with Crippen LogP contribution in [0.4, 0.5) is 5.69 Å². The maximum atomic E-state index is 11.4. The first-order valence-electron chi connectivity index (χ1n) is 6.54. The lowest BCUT2D eigenvalue weighted by molar-refractivity contribution is 0.560. The summed E-state index contributed by atoms with van der Waals surface area (Å²) in [5, 5.41) is 0.924. The van der Waals surface area contributed by atoms with Crippen LogP contribution in [-0.4, -0.2) is 0 Å². The molecule has 3 aromatic rings. The highest BCUT2D eigenvalue weighted by Gasteiger charge is 2.02. The van der Waals surface area contributed by atoms with Crippen molar-refractivity contribution in [3.8, 4) is 11.8 Å². The van der Waals surface area contributed by atoms with Gasteiger partial charge < -0.3 is 10.2 Å². The van der Waals surface area contributed by atoms with Crippen LogP contribution in [0.15, 0.2) is 57.7 Å². The molecule has 0 saturated heterocycles. The molecular weight excluding hydrogens is 262 g/mol. The lowest BCUT2D eigenvalue weighted by Crippen LogP contribution is -1.97. The molecule has 0 saturated carbocycles. The van der Waals surface area contributed by atoms with E-state index in [1.165, 1.54) is 6.07 Å². The molecule has 3 rings (SSSR count). The van der Waals surface area contributed by atoms with Gasteiger partial charge in [-0.15, -0.1) is 0 Å². The van der Waals surface area contributed by atoms with Crippen LogP contribution in [0.1, 0.15) is 16.7 Å². The number of anilines is 1. The molecule has 0 radical (unpaired) electrons. The number of nitrogens with two attached hydrogens (primary N) is 1. The number of aryl methyl sites for hydroxylation is 1. The fraction of sp³-hybridized carbons (Fsp3) is 0.0556. The summed E-state index contributed by atoms with van der Waals surface area (Å²) >= 11 is 0. The predicted octanol–water partition coefficient (Wildman–Crippen LogP) is 3.08. The molecule has 2 N–H and O–H groups in total. The van der Waals surface area contributed by atoms with E-state index in [2.05, 4.69) is 11.8 Å². The van der Waals surface area contributed by atoms with Gasteiger partial charge in [0, 0.05) is 28.3 Å². The highest BCUT2D eigenvalue weighted by molar-refractivity contribution is 5.81. The van der Waals surface area contributed by atoms with Gasteiger partial charge >= 0.3 is 5.63 Å². The average molecular weight is 275 g/mol. The summed E-state index contributed by atoms with van der Waals surface area (Å²) in [5.74, 6) is 6.12. The molecule has 3 nitrogen and oxygen atoms in total. The Morgan fingerprint density at radius 1 is 0.952 bits per heavy atom. The van der Waals surface area contributed by atoms with Gasteiger partial charge in [0.05, 0.1) is 0 Å². The monoisotopic (exact) mass is 275 g/mol. The van der Waals surface area contributed by atoms with Crippen molar-refractivity contribution in [2.24, 2.45) is 0 Å². The Labute approximate surface area is 122 Å². The van der Waals surface area contributed by atoms with Crippen LogP contribution < -0.4 is 11.4 Å². The second-order valence-electron chi connectivity index (χ2n) is 4.83. The molecule has 0 aliphatic heterocycles. The van der Waals surface area contributed by atoms with Gasteiger partial charge in [-0.3, -0.25) is 0 Å². The highest BCUT2D eigenvalue weighted by atomic mass is 16.4. The van der Waals surface area contributed by atoms with Gasteiger partial charge in [0.2, 0.25) is 0 Å². The Hall–Kier alpha value is -2.99. The number of hydrogen-bond donors (Lipinski definition) is 1. The van der Waals surface area contributed by atoms with Crippen molar-refractivity contribution in [3.63, 3.8) is 0 Å². The maximum absolute atomic E-state index is 11.4. The molecule has 2 aromatic carbocycles. The van der Waals surface area contributed by atoms with E-state index >= 15 is 0 Å². The Morgan fingerprint density at radius 2 is 1.62 bits per heavy atom. The van der Waals surface area contributed by atoms with Gasteiger partial charge in [-0.2, -0.15) is 0 Å². The summed E-state index contributed by atoms with van der Waals surface area (Å²) < 4.78 is 5.21. The highest BCUT2D eigenvalue weighted by Crippen LogP contribution is 2.17. The van der Waals surface area contributed by atoms with Crippen molar-refractivity contribution < 1.29 is 4.42 Å². The van der Waals surface area contributed by atoms with Crippen LogP contribution >= 0.6 is 0 Å². The third kappa shape index (κ3) is 2.80. The zero-order valence-electron chi connectivity index (χ0n) is 11.5. The second-order valence-corrected chi connectivity index (χ2v) is 4.83. The van der Waals surface area contributed by atoms with E-state index in [1.807, 2.05) is 43.3 Å². The SMILES string of the molecule is Cc1cc(=O)oc2cc(C#Cc3ccc(N)cc3)ccc12. The van der Waals surface area contributed by atoms with Crippen LogP contribution in [0.3, 0.4) is 0 Å². The van der Waals surface area contributed by atoms with Crippen molar-refractivity contribution in [1.29, 1.82) is 0 Å². The van der Waals surface area contributed by atoms with E-state index in [1.54, 1.807) is 6.07 Å². The first kappa shape index (κ1) is 13.0. The molecule has 102 valence electrons. The van der Waals surface area contributed by atoms with E-state index < -0.39 is 0 Å². The second kappa shape index (κ2) is 5.18. The third-order valence-corrected chi connectivity index (χ3v) is 3.21. The zero-order chi connectivity index (χ0) is 14.8. The van der Waals surface area contributed by atoms with Gasteiger partial charge in [-0.25, -0.2) is 4.79 Å². The molecule has 0 aliphatic rings. The minimum atomic E-state index is -0.344. The van der Waals surface area contributed by atoms with Gasteiger partial charge in [-0.1, -0.05) is 11.8 Å². The summed E-state index contributed by atoms with van der Waals surface area (Å²) in [7, 11) is 0. The number of hydrogen-bond acceptors (Lipinski definition) is 3. The molecule has 1 aromatic heterocycles. The molecule has 1 heterocycles. The molecule has 0 fully saturated rings. The Balaban J connectivity index is 2.02. The van der Waals surface area contributed by atoms with Crippen molar-refractivity contribution in [2.45, 2.75) is 6.92 Å². The van der Waals surface area contributed by atoms with Crippen LogP contribution in [0, 0.1) is 18.8 Å². The van der Waals surface area contributed by atoms with E-state index in [9.17, 15) is 4.79 Å². The van der Waals surface area contributed by atoms with Gasteiger partial charge in [0.25, 0.3) is 0 Å². The smallest absolute Gasteiger partial charge is 0.336 e. The summed E-state index contributed by atoms with van der Waals surface area (Å²) in [6.07, 6.45) is 0. The van der Waals surface area contributed by atoms with E-state index in [-0.39, 0.29) is 5.63 Å². The Kier molecular flexibility index (Phi) is 3.21. The van der Waals surface area contributed by atoms with E-state index in [4.69, 9.17) is 10.2 Å². The molecule has 0 aliphatic carbocycles. The number of rotatable bonds is 0. The summed E-state index contributed by atoms with van der Waals surface area (Å²) in [6.45, 7) is 1.89. The summed E-state index contributed by atoms with van der Waals surface area (Å²) in [5.41, 5.74) is 9.15. The topological polar surface area (TPSA) is 56.2 Å². The van der Waals surface area contributed by atoms with Crippen LogP contribution in [0.2, 0.25) is 0 Å². The number of fused-ring (bicyclic) bond motifs is 1. The lowest BCUT2D eigenvalue weighted by Gasteiger charge is -2.00. The minimum Gasteiger partial charge on any atom is -0.423 e. The van der Waals surface area contributed by atoms with Gasteiger partial charge in [0.15, 0.2) is 0 Å². The fourth-order valence-corrected chi connectivity index (χ4v) is 2.11. The molecule has 3 heteroatoms.